The Labute approximate surface area is 174 Å². The van der Waals surface area contributed by atoms with Crippen LogP contribution in [-0.2, 0) is 19.1 Å². The number of carbonyl (C=O) groups excluding carboxylic acids is 3. The maximum atomic E-state index is 12.2. The van der Waals surface area contributed by atoms with Crippen LogP contribution in [0.2, 0.25) is 0 Å². The first-order chi connectivity index (χ1) is 14.6. The topological polar surface area (TPSA) is 90.9 Å². The third-order valence-corrected chi connectivity index (χ3v) is 4.36. The van der Waals surface area contributed by atoms with Gasteiger partial charge in [0.05, 0.1) is 17.7 Å². The molecule has 0 spiro atoms. The van der Waals surface area contributed by atoms with Crippen molar-refractivity contribution in [1.29, 1.82) is 0 Å². The Morgan fingerprint density at radius 3 is 2.53 bits per heavy atom. The lowest BCUT2D eigenvalue weighted by atomic mass is 10.1. The van der Waals surface area contributed by atoms with Crippen LogP contribution >= 0.6 is 0 Å². The van der Waals surface area contributed by atoms with Crippen molar-refractivity contribution >= 4 is 29.6 Å². The molecule has 1 aliphatic heterocycles. The van der Waals surface area contributed by atoms with E-state index in [2.05, 4.69) is 5.32 Å². The fraction of sp³-hybridized carbons (Fsp3) is 0.261. The molecular weight excluding hydrogens is 386 g/mol. The first-order valence-corrected chi connectivity index (χ1v) is 9.73. The van der Waals surface area contributed by atoms with E-state index in [-0.39, 0.29) is 6.61 Å². The van der Waals surface area contributed by atoms with Gasteiger partial charge in [0.15, 0.2) is 6.61 Å². The van der Waals surface area contributed by atoms with E-state index in [9.17, 15) is 14.4 Å². The largest absolute Gasteiger partial charge is 0.488 e. The summed E-state index contributed by atoms with van der Waals surface area (Å²) in [6, 6.07) is 13.7. The average molecular weight is 409 g/mol. The molecule has 0 atom stereocenters. The van der Waals surface area contributed by atoms with E-state index in [1.807, 2.05) is 31.2 Å². The molecule has 7 heteroatoms. The molecule has 0 fully saturated rings. The number of hydrogen-bond acceptors (Lipinski definition) is 6. The molecule has 3 rings (SSSR count). The minimum atomic E-state index is -0.607. The van der Waals surface area contributed by atoms with Crippen molar-refractivity contribution in [3.63, 3.8) is 0 Å². The molecule has 0 aliphatic carbocycles. The number of esters is 2. The number of carbonyl (C=O) groups is 3. The molecule has 2 aromatic carbocycles. The van der Waals surface area contributed by atoms with Crippen LogP contribution in [0.5, 0.6) is 5.75 Å². The second-order valence-electron chi connectivity index (χ2n) is 6.69. The number of unbranched alkanes of at least 4 members (excludes halogenated alkanes) is 1. The number of amides is 1. The van der Waals surface area contributed by atoms with Gasteiger partial charge in [-0.2, -0.15) is 0 Å². The molecule has 7 nitrogen and oxygen atoms in total. The Morgan fingerprint density at radius 1 is 1.00 bits per heavy atom. The van der Waals surface area contributed by atoms with Crippen LogP contribution in [0.1, 0.15) is 35.7 Å². The number of benzene rings is 2. The van der Waals surface area contributed by atoms with Gasteiger partial charge in [0.2, 0.25) is 0 Å². The van der Waals surface area contributed by atoms with Crippen molar-refractivity contribution in [3.05, 3.63) is 65.2 Å². The van der Waals surface area contributed by atoms with Crippen molar-refractivity contribution in [2.24, 2.45) is 0 Å². The summed E-state index contributed by atoms with van der Waals surface area (Å²) in [6.45, 7) is 2.06. The van der Waals surface area contributed by atoms with Gasteiger partial charge in [0, 0.05) is 11.3 Å². The van der Waals surface area contributed by atoms with Crippen LogP contribution < -0.4 is 10.1 Å². The van der Waals surface area contributed by atoms with Gasteiger partial charge in [0.1, 0.15) is 12.4 Å². The number of nitrogens with one attached hydrogen (secondary N) is 1. The standard InChI is InChI=1S/C23H23NO6/c1-2-3-12-28-22(26)16-8-10-19(11-9-16)24-21(25)15-30-23(27)18-13-17-6-4-5-7-20(17)29-14-18/h4-11,13H,2-3,12,14-15H2,1H3,(H,24,25). The first-order valence-electron chi connectivity index (χ1n) is 9.73. The summed E-state index contributed by atoms with van der Waals surface area (Å²) in [4.78, 5) is 36.1. The van der Waals surface area contributed by atoms with E-state index in [0.717, 1.165) is 18.4 Å². The summed E-state index contributed by atoms with van der Waals surface area (Å²) in [5, 5.41) is 2.62. The van der Waals surface area contributed by atoms with E-state index >= 15 is 0 Å². The van der Waals surface area contributed by atoms with Crippen LogP contribution in [0.3, 0.4) is 0 Å². The zero-order valence-corrected chi connectivity index (χ0v) is 16.7. The van der Waals surface area contributed by atoms with E-state index in [4.69, 9.17) is 14.2 Å². The lowest BCUT2D eigenvalue weighted by Crippen LogP contribution is -2.23. The minimum absolute atomic E-state index is 0.0906. The summed E-state index contributed by atoms with van der Waals surface area (Å²) in [5.74, 6) is -0.798. The Balaban J connectivity index is 1.47. The molecule has 0 saturated carbocycles. The number of anilines is 1. The molecule has 0 saturated heterocycles. The molecule has 2 aromatic rings. The maximum Gasteiger partial charge on any atom is 0.338 e. The first kappa shape index (κ1) is 21.1. The second-order valence-corrected chi connectivity index (χ2v) is 6.69. The van der Waals surface area contributed by atoms with E-state index in [1.54, 1.807) is 30.3 Å². The number of fused-ring (bicyclic) bond motifs is 1. The Kier molecular flexibility index (Phi) is 7.21. The van der Waals surface area contributed by atoms with Gasteiger partial charge in [0.25, 0.3) is 5.91 Å². The summed E-state index contributed by atoms with van der Waals surface area (Å²) in [7, 11) is 0. The average Bonchev–Trinajstić information content (AvgIpc) is 2.77. The number of para-hydroxylation sites is 1. The normalized spacial score (nSPS) is 12.1. The minimum Gasteiger partial charge on any atom is -0.488 e. The number of rotatable bonds is 8. The smallest absolute Gasteiger partial charge is 0.338 e. The van der Waals surface area contributed by atoms with Crippen molar-refractivity contribution in [2.75, 3.05) is 25.1 Å². The maximum absolute atomic E-state index is 12.2. The molecule has 1 amide bonds. The van der Waals surface area contributed by atoms with Crippen LogP contribution in [0.25, 0.3) is 6.08 Å². The van der Waals surface area contributed by atoms with Crippen molar-refractivity contribution in [3.8, 4) is 5.75 Å². The highest BCUT2D eigenvalue weighted by Crippen LogP contribution is 2.26. The van der Waals surface area contributed by atoms with Gasteiger partial charge in [-0.05, 0) is 42.8 Å². The Morgan fingerprint density at radius 2 is 1.77 bits per heavy atom. The highest BCUT2D eigenvalue weighted by molar-refractivity contribution is 5.98. The molecule has 1 N–H and O–H groups in total. The van der Waals surface area contributed by atoms with E-state index < -0.39 is 24.5 Å². The van der Waals surface area contributed by atoms with E-state index in [1.165, 1.54) is 0 Å². The van der Waals surface area contributed by atoms with Crippen molar-refractivity contribution < 1.29 is 28.6 Å². The summed E-state index contributed by atoms with van der Waals surface area (Å²) >= 11 is 0. The number of ether oxygens (including phenoxy) is 3. The predicted octanol–water partition coefficient (Wildman–Crippen LogP) is 3.60. The zero-order valence-electron chi connectivity index (χ0n) is 16.7. The summed E-state index contributed by atoms with van der Waals surface area (Å²) < 4.78 is 15.7. The second kappa shape index (κ2) is 10.2. The van der Waals surface area contributed by atoms with Crippen LogP contribution in [-0.4, -0.2) is 37.7 Å². The molecule has 0 aromatic heterocycles. The predicted molar refractivity (Wildman–Crippen MR) is 111 cm³/mol. The zero-order chi connectivity index (χ0) is 21.3. The molecular formula is C23H23NO6. The fourth-order valence-electron chi connectivity index (χ4n) is 2.74. The van der Waals surface area contributed by atoms with E-state index in [0.29, 0.717) is 29.2 Å². The third-order valence-electron chi connectivity index (χ3n) is 4.36. The quantitative estimate of drug-likeness (QED) is 0.529. The van der Waals surface area contributed by atoms with Crippen molar-refractivity contribution in [1.82, 2.24) is 0 Å². The lowest BCUT2D eigenvalue weighted by molar-refractivity contribution is -0.143. The third kappa shape index (κ3) is 5.70. The Bertz CT molecular complexity index is 948. The van der Waals surface area contributed by atoms with Gasteiger partial charge >= 0.3 is 11.9 Å². The van der Waals surface area contributed by atoms with Crippen LogP contribution in [0, 0.1) is 0 Å². The highest BCUT2D eigenvalue weighted by atomic mass is 16.5. The summed E-state index contributed by atoms with van der Waals surface area (Å²) in [6.07, 6.45) is 3.45. The molecule has 1 heterocycles. The number of hydrogen-bond donors (Lipinski definition) is 1. The molecule has 156 valence electrons. The highest BCUT2D eigenvalue weighted by Gasteiger charge is 2.19. The van der Waals surface area contributed by atoms with Gasteiger partial charge in [-0.15, -0.1) is 0 Å². The summed E-state index contributed by atoms with van der Waals surface area (Å²) in [5.41, 5.74) is 2.01. The van der Waals surface area contributed by atoms with Crippen LogP contribution in [0.15, 0.2) is 54.1 Å². The fourth-order valence-corrected chi connectivity index (χ4v) is 2.74. The SMILES string of the molecule is CCCCOC(=O)c1ccc(NC(=O)COC(=O)C2=Cc3ccccc3OC2)cc1. The Hall–Kier alpha value is -3.61. The molecule has 30 heavy (non-hydrogen) atoms. The molecule has 0 radical (unpaired) electrons. The monoisotopic (exact) mass is 409 g/mol. The molecule has 1 aliphatic rings. The van der Waals surface area contributed by atoms with Gasteiger partial charge < -0.3 is 19.5 Å². The van der Waals surface area contributed by atoms with Crippen molar-refractivity contribution in [2.45, 2.75) is 19.8 Å². The van der Waals surface area contributed by atoms with Gasteiger partial charge in [-0.25, -0.2) is 9.59 Å². The lowest BCUT2D eigenvalue weighted by Gasteiger charge is -2.16. The van der Waals surface area contributed by atoms with Crippen LogP contribution in [0.4, 0.5) is 5.69 Å². The van der Waals surface area contributed by atoms with Gasteiger partial charge in [-0.3, -0.25) is 4.79 Å². The molecule has 0 bridgehead atoms. The molecule has 0 unspecified atom stereocenters. The van der Waals surface area contributed by atoms with Gasteiger partial charge in [-0.1, -0.05) is 31.5 Å².